The number of aryl methyl sites for hydroxylation is 2. The summed E-state index contributed by atoms with van der Waals surface area (Å²) >= 11 is 6.01. The summed E-state index contributed by atoms with van der Waals surface area (Å²) in [6.45, 7) is 3.44. The number of likely N-dealkylation sites (N-methyl/N-ethyl adjacent to an activating group) is 1. The van der Waals surface area contributed by atoms with Crippen molar-refractivity contribution in [1.29, 1.82) is 0 Å². The Labute approximate surface area is 147 Å². The maximum absolute atomic E-state index is 12.5. The molecule has 0 aliphatic carbocycles. The van der Waals surface area contributed by atoms with E-state index < -0.39 is 15.9 Å². The summed E-state index contributed by atoms with van der Waals surface area (Å²) in [5.41, 5.74) is 2.39. The lowest BCUT2D eigenvalue weighted by Gasteiger charge is -2.17. The number of carbonyl (C=O) groups excluding carboxylic acids is 1. The number of sulfonamides is 1. The highest BCUT2D eigenvalue weighted by atomic mass is 35.5. The molecule has 128 valence electrons. The fourth-order valence-corrected chi connectivity index (χ4v) is 3.36. The highest BCUT2D eigenvalue weighted by molar-refractivity contribution is 7.89. The predicted molar refractivity (Wildman–Crippen MR) is 95.8 cm³/mol. The van der Waals surface area contributed by atoms with E-state index in [2.05, 4.69) is 5.32 Å². The molecule has 0 saturated heterocycles. The first-order valence-corrected chi connectivity index (χ1v) is 9.11. The lowest BCUT2D eigenvalue weighted by Crippen LogP contribution is -2.34. The number of amides is 1. The van der Waals surface area contributed by atoms with Gasteiger partial charge in [-0.25, -0.2) is 8.42 Å². The van der Waals surface area contributed by atoms with Gasteiger partial charge >= 0.3 is 0 Å². The van der Waals surface area contributed by atoms with Crippen LogP contribution in [0.3, 0.4) is 0 Å². The third-order valence-corrected chi connectivity index (χ3v) is 5.78. The van der Waals surface area contributed by atoms with Crippen LogP contribution in [0.5, 0.6) is 0 Å². The van der Waals surface area contributed by atoms with Crippen LogP contribution in [0.1, 0.15) is 11.1 Å². The van der Waals surface area contributed by atoms with Crippen LogP contribution in [0.15, 0.2) is 47.4 Å². The molecule has 2 rings (SSSR count). The van der Waals surface area contributed by atoms with Crippen molar-refractivity contribution < 1.29 is 13.2 Å². The van der Waals surface area contributed by atoms with Crippen LogP contribution < -0.4 is 5.32 Å². The third kappa shape index (κ3) is 4.35. The summed E-state index contributed by atoms with van der Waals surface area (Å²) in [6, 6.07) is 11.6. The summed E-state index contributed by atoms with van der Waals surface area (Å²) in [6.07, 6.45) is 0. The van der Waals surface area contributed by atoms with E-state index in [1.807, 2.05) is 13.8 Å². The van der Waals surface area contributed by atoms with Gasteiger partial charge in [0.15, 0.2) is 0 Å². The summed E-state index contributed by atoms with van der Waals surface area (Å²) < 4.78 is 25.9. The number of rotatable bonds is 5. The third-order valence-electron chi connectivity index (χ3n) is 3.55. The van der Waals surface area contributed by atoms with E-state index in [4.69, 9.17) is 11.6 Å². The molecule has 2 aromatic carbocycles. The zero-order chi connectivity index (χ0) is 17.9. The van der Waals surface area contributed by atoms with Gasteiger partial charge in [-0.3, -0.25) is 4.79 Å². The van der Waals surface area contributed by atoms with E-state index >= 15 is 0 Å². The van der Waals surface area contributed by atoms with Crippen LogP contribution >= 0.6 is 11.6 Å². The molecule has 0 unspecified atom stereocenters. The predicted octanol–water partition coefficient (Wildman–Crippen LogP) is 3.22. The van der Waals surface area contributed by atoms with Gasteiger partial charge in [0, 0.05) is 17.8 Å². The minimum atomic E-state index is -3.71. The maximum atomic E-state index is 12.5. The minimum Gasteiger partial charge on any atom is -0.325 e. The van der Waals surface area contributed by atoms with Crippen molar-refractivity contribution >= 4 is 33.2 Å². The molecule has 2 aromatic rings. The number of halogens is 1. The van der Waals surface area contributed by atoms with E-state index in [1.165, 1.54) is 19.2 Å². The fraction of sp³-hybridized carbons (Fsp3) is 0.235. The Morgan fingerprint density at radius 3 is 2.33 bits per heavy atom. The SMILES string of the molecule is Cc1ccc(S(=O)(=O)N(C)CC(=O)Nc2ccc(C)c(Cl)c2)cc1. The quantitative estimate of drug-likeness (QED) is 0.883. The molecule has 0 aliphatic rings. The molecule has 1 amide bonds. The van der Waals surface area contributed by atoms with E-state index in [1.54, 1.807) is 30.3 Å². The van der Waals surface area contributed by atoms with Gasteiger partial charge in [0.1, 0.15) is 0 Å². The second-order valence-electron chi connectivity index (χ2n) is 5.59. The molecular weight excluding hydrogens is 348 g/mol. The highest BCUT2D eigenvalue weighted by Crippen LogP contribution is 2.20. The average Bonchev–Trinajstić information content (AvgIpc) is 2.51. The monoisotopic (exact) mass is 366 g/mol. The molecule has 0 heterocycles. The van der Waals surface area contributed by atoms with Crippen LogP contribution in [0.2, 0.25) is 5.02 Å². The molecule has 0 bridgehead atoms. The Balaban J connectivity index is 2.07. The van der Waals surface area contributed by atoms with Crippen molar-refractivity contribution in [2.45, 2.75) is 18.7 Å². The minimum absolute atomic E-state index is 0.154. The smallest absolute Gasteiger partial charge is 0.243 e. The van der Waals surface area contributed by atoms with Gasteiger partial charge < -0.3 is 5.32 Å². The molecule has 0 saturated carbocycles. The molecule has 0 aliphatic heterocycles. The first kappa shape index (κ1) is 18.4. The molecule has 24 heavy (non-hydrogen) atoms. The summed E-state index contributed by atoms with van der Waals surface area (Å²) in [5.74, 6) is -0.437. The van der Waals surface area contributed by atoms with Crippen LogP contribution in [-0.2, 0) is 14.8 Å². The van der Waals surface area contributed by atoms with Gasteiger partial charge in [-0.05, 0) is 43.7 Å². The van der Waals surface area contributed by atoms with Crippen LogP contribution in [0.25, 0.3) is 0 Å². The molecule has 0 spiro atoms. The highest BCUT2D eigenvalue weighted by Gasteiger charge is 2.22. The Bertz CT molecular complexity index is 849. The second kappa shape index (κ2) is 7.34. The summed E-state index contributed by atoms with van der Waals surface area (Å²) in [4.78, 5) is 12.2. The number of nitrogens with one attached hydrogen (secondary N) is 1. The Morgan fingerprint density at radius 1 is 1.12 bits per heavy atom. The lowest BCUT2D eigenvalue weighted by atomic mass is 10.2. The van der Waals surface area contributed by atoms with E-state index in [0.29, 0.717) is 10.7 Å². The second-order valence-corrected chi connectivity index (χ2v) is 8.04. The number of benzene rings is 2. The number of anilines is 1. The molecular formula is C17H19ClN2O3S. The van der Waals surface area contributed by atoms with E-state index in [9.17, 15) is 13.2 Å². The Kier molecular flexibility index (Phi) is 5.64. The maximum Gasteiger partial charge on any atom is 0.243 e. The zero-order valence-electron chi connectivity index (χ0n) is 13.7. The van der Waals surface area contributed by atoms with Gasteiger partial charge in [-0.1, -0.05) is 35.4 Å². The van der Waals surface area contributed by atoms with E-state index in [0.717, 1.165) is 15.4 Å². The van der Waals surface area contributed by atoms with Crippen molar-refractivity contribution in [3.8, 4) is 0 Å². The van der Waals surface area contributed by atoms with Crippen molar-refractivity contribution in [2.24, 2.45) is 0 Å². The molecule has 0 fully saturated rings. The molecule has 0 radical (unpaired) electrons. The van der Waals surface area contributed by atoms with Crippen molar-refractivity contribution in [3.63, 3.8) is 0 Å². The fourth-order valence-electron chi connectivity index (χ4n) is 2.05. The number of hydrogen-bond acceptors (Lipinski definition) is 3. The first-order chi connectivity index (χ1) is 11.2. The first-order valence-electron chi connectivity index (χ1n) is 7.29. The topological polar surface area (TPSA) is 66.5 Å². The van der Waals surface area contributed by atoms with Crippen LogP contribution in [0, 0.1) is 13.8 Å². The summed E-state index contributed by atoms with van der Waals surface area (Å²) in [5, 5.41) is 3.18. The molecule has 7 heteroatoms. The van der Waals surface area contributed by atoms with Gasteiger partial charge in [-0.15, -0.1) is 0 Å². The number of hydrogen-bond donors (Lipinski definition) is 1. The number of nitrogens with zero attached hydrogens (tertiary/aromatic N) is 1. The van der Waals surface area contributed by atoms with Gasteiger partial charge in [-0.2, -0.15) is 4.31 Å². The standard InChI is InChI=1S/C17H19ClN2O3S/c1-12-4-8-15(9-5-12)24(22,23)20(3)11-17(21)19-14-7-6-13(2)16(18)10-14/h4-10H,11H2,1-3H3,(H,19,21). The Morgan fingerprint density at radius 2 is 1.75 bits per heavy atom. The normalized spacial score (nSPS) is 11.5. The zero-order valence-corrected chi connectivity index (χ0v) is 15.3. The van der Waals surface area contributed by atoms with Crippen molar-refractivity contribution in [2.75, 3.05) is 18.9 Å². The average molecular weight is 367 g/mol. The molecule has 1 N–H and O–H groups in total. The molecule has 5 nitrogen and oxygen atoms in total. The van der Waals surface area contributed by atoms with Crippen LogP contribution in [-0.4, -0.2) is 32.2 Å². The largest absolute Gasteiger partial charge is 0.325 e. The Hall–Kier alpha value is -1.89. The van der Waals surface area contributed by atoms with E-state index in [-0.39, 0.29) is 11.4 Å². The van der Waals surface area contributed by atoms with Gasteiger partial charge in [0.05, 0.1) is 11.4 Å². The number of carbonyl (C=O) groups is 1. The van der Waals surface area contributed by atoms with Gasteiger partial charge in [0.2, 0.25) is 15.9 Å². The lowest BCUT2D eigenvalue weighted by molar-refractivity contribution is -0.116. The summed E-state index contributed by atoms with van der Waals surface area (Å²) in [7, 11) is -2.34. The molecule has 0 aromatic heterocycles. The molecule has 0 atom stereocenters. The van der Waals surface area contributed by atoms with Crippen molar-refractivity contribution in [1.82, 2.24) is 4.31 Å². The van der Waals surface area contributed by atoms with Gasteiger partial charge in [0.25, 0.3) is 0 Å². The van der Waals surface area contributed by atoms with Crippen molar-refractivity contribution in [3.05, 3.63) is 58.6 Å². The van der Waals surface area contributed by atoms with Crippen LogP contribution in [0.4, 0.5) is 5.69 Å².